The summed E-state index contributed by atoms with van der Waals surface area (Å²) in [7, 11) is 0. The summed E-state index contributed by atoms with van der Waals surface area (Å²) >= 11 is 0. The maximum Gasteiger partial charge on any atom is 0.225 e. The Labute approximate surface area is 109 Å². The summed E-state index contributed by atoms with van der Waals surface area (Å²) in [4.78, 5) is 8.53. The molecule has 1 heterocycles. The number of unbranched alkanes of at least 4 members (excludes halogenated alkanes) is 2. The summed E-state index contributed by atoms with van der Waals surface area (Å²) in [6, 6.07) is 0. The molecule has 1 aromatic heterocycles. The van der Waals surface area contributed by atoms with Gasteiger partial charge in [-0.25, -0.2) is 4.98 Å². The largest absolute Gasteiger partial charge is 0.477 e. The Hall–Kier alpha value is -1.36. The Morgan fingerprint density at radius 3 is 2.89 bits per heavy atom. The van der Waals surface area contributed by atoms with Gasteiger partial charge in [-0.2, -0.15) is 4.98 Å². The zero-order valence-electron chi connectivity index (χ0n) is 11.3. The van der Waals surface area contributed by atoms with Crippen molar-refractivity contribution in [1.29, 1.82) is 0 Å². The second-order valence-electron chi connectivity index (χ2n) is 4.24. The van der Waals surface area contributed by atoms with Crippen LogP contribution in [0.4, 0.5) is 5.95 Å². The Morgan fingerprint density at radius 2 is 2.17 bits per heavy atom. The van der Waals surface area contributed by atoms with E-state index >= 15 is 0 Å². The molecule has 1 aromatic rings. The van der Waals surface area contributed by atoms with Gasteiger partial charge in [0.15, 0.2) is 0 Å². The Bertz CT molecular complexity index is 345. The van der Waals surface area contributed by atoms with Crippen LogP contribution in [0.5, 0.6) is 5.88 Å². The third kappa shape index (κ3) is 5.31. The van der Waals surface area contributed by atoms with Gasteiger partial charge < -0.3 is 15.2 Å². The van der Waals surface area contributed by atoms with Crippen LogP contribution in [0.1, 0.15) is 38.2 Å². The second kappa shape index (κ2) is 8.69. The van der Waals surface area contributed by atoms with E-state index in [0.29, 0.717) is 18.4 Å². The molecule has 1 rings (SSSR count). The molecule has 0 radical (unpaired) electrons. The van der Waals surface area contributed by atoms with E-state index in [2.05, 4.69) is 22.2 Å². The van der Waals surface area contributed by atoms with Crippen molar-refractivity contribution < 1.29 is 9.84 Å². The summed E-state index contributed by atoms with van der Waals surface area (Å²) < 4.78 is 5.63. The number of aryl methyl sites for hydroxylation is 1. The van der Waals surface area contributed by atoms with Crippen molar-refractivity contribution in [1.82, 2.24) is 9.97 Å². The molecule has 0 spiro atoms. The van der Waals surface area contributed by atoms with Crippen molar-refractivity contribution in [2.24, 2.45) is 0 Å². The van der Waals surface area contributed by atoms with Crippen molar-refractivity contribution in [2.45, 2.75) is 39.5 Å². The molecule has 0 aliphatic carbocycles. The van der Waals surface area contributed by atoms with Crippen LogP contribution in [0.25, 0.3) is 0 Å². The Kier molecular flexibility index (Phi) is 7.10. The standard InChI is InChI=1S/C13H23N3O2/c1-3-7-14-13-15-10-11(2)12(16-13)18-9-6-4-5-8-17/h10,17H,3-9H2,1-2H3,(H,14,15,16). The molecule has 0 amide bonds. The van der Waals surface area contributed by atoms with Crippen LogP contribution < -0.4 is 10.1 Å². The van der Waals surface area contributed by atoms with Crippen molar-refractivity contribution in [3.8, 4) is 5.88 Å². The van der Waals surface area contributed by atoms with E-state index in [4.69, 9.17) is 9.84 Å². The molecule has 18 heavy (non-hydrogen) atoms. The van der Waals surface area contributed by atoms with Crippen LogP contribution in [0.2, 0.25) is 0 Å². The van der Waals surface area contributed by atoms with E-state index in [1.54, 1.807) is 6.20 Å². The predicted octanol–water partition coefficient (Wildman–Crippen LogP) is 2.15. The maximum atomic E-state index is 8.68. The summed E-state index contributed by atoms with van der Waals surface area (Å²) in [6.07, 6.45) is 5.54. The molecule has 0 atom stereocenters. The predicted molar refractivity (Wildman–Crippen MR) is 72.0 cm³/mol. The molecule has 5 nitrogen and oxygen atoms in total. The average Bonchev–Trinajstić information content (AvgIpc) is 2.39. The quantitative estimate of drug-likeness (QED) is 0.660. The number of aromatic nitrogens is 2. The molecule has 0 saturated heterocycles. The third-order valence-corrected chi connectivity index (χ3v) is 2.50. The highest BCUT2D eigenvalue weighted by Crippen LogP contribution is 2.15. The molecular formula is C13H23N3O2. The molecule has 5 heteroatoms. The number of aliphatic hydroxyl groups is 1. The van der Waals surface area contributed by atoms with E-state index in [1.807, 2.05) is 6.92 Å². The lowest BCUT2D eigenvalue weighted by molar-refractivity contribution is 0.262. The minimum atomic E-state index is 0.248. The van der Waals surface area contributed by atoms with Gasteiger partial charge in [-0.05, 0) is 32.6 Å². The topological polar surface area (TPSA) is 67.3 Å². The number of nitrogens with one attached hydrogen (secondary N) is 1. The molecular weight excluding hydrogens is 230 g/mol. The minimum absolute atomic E-state index is 0.248. The first kappa shape index (κ1) is 14.7. The molecule has 0 saturated carbocycles. The number of hydrogen-bond acceptors (Lipinski definition) is 5. The molecule has 0 unspecified atom stereocenters. The molecule has 102 valence electrons. The summed E-state index contributed by atoms with van der Waals surface area (Å²) in [6.45, 7) is 5.77. The van der Waals surface area contributed by atoms with E-state index in [9.17, 15) is 0 Å². The van der Waals surface area contributed by atoms with E-state index in [0.717, 1.165) is 37.8 Å². The fourth-order valence-corrected chi connectivity index (χ4v) is 1.45. The lowest BCUT2D eigenvalue weighted by atomic mass is 10.2. The van der Waals surface area contributed by atoms with Gasteiger partial charge in [0.1, 0.15) is 0 Å². The van der Waals surface area contributed by atoms with Crippen LogP contribution in [-0.2, 0) is 0 Å². The van der Waals surface area contributed by atoms with Crippen LogP contribution in [0, 0.1) is 6.92 Å². The van der Waals surface area contributed by atoms with E-state index < -0.39 is 0 Å². The van der Waals surface area contributed by atoms with Crippen molar-refractivity contribution in [3.63, 3.8) is 0 Å². The van der Waals surface area contributed by atoms with Gasteiger partial charge in [0.2, 0.25) is 11.8 Å². The minimum Gasteiger partial charge on any atom is -0.477 e. The first-order valence-electron chi connectivity index (χ1n) is 6.59. The fraction of sp³-hybridized carbons (Fsp3) is 0.692. The van der Waals surface area contributed by atoms with Crippen LogP contribution in [0.3, 0.4) is 0 Å². The summed E-state index contributed by atoms with van der Waals surface area (Å²) in [5, 5.41) is 11.8. The third-order valence-electron chi connectivity index (χ3n) is 2.50. The van der Waals surface area contributed by atoms with Gasteiger partial charge in [-0.15, -0.1) is 0 Å². The summed E-state index contributed by atoms with van der Waals surface area (Å²) in [5.41, 5.74) is 0.944. The van der Waals surface area contributed by atoms with Gasteiger partial charge in [-0.1, -0.05) is 6.92 Å². The highest BCUT2D eigenvalue weighted by Gasteiger charge is 2.04. The SMILES string of the molecule is CCCNc1ncc(C)c(OCCCCCO)n1. The number of ether oxygens (including phenoxy) is 1. The zero-order chi connectivity index (χ0) is 13.2. The number of hydrogen-bond donors (Lipinski definition) is 2. The lowest BCUT2D eigenvalue weighted by Gasteiger charge is -2.09. The van der Waals surface area contributed by atoms with Crippen molar-refractivity contribution in [2.75, 3.05) is 25.1 Å². The van der Waals surface area contributed by atoms with Crippen LogP contribution in [0.15, 0.2) is 6.20 Å². The normalized spacial score (nSPS) is 10.4. The second-order valence-corrected chi connectivity index (χ2v) is 4.24. The number of aliphatic hydroxyl groups excluding tert-OH is 1. The fourth-order valence-electron chi connectivity index (χ4n) is 1.45. The highest BCUT2D eigenvalue weighted by atomic mass is 16.5. The van der Waals surface area contributed by atoms with Gasteiger partial charge in [0.25, 0.3) is 0 Å². The monoisotopic (exact) mass is 253 g/mol. The van der Waals surface area contributed by atoms with Crippen LogP contribution in [-0.4, -0.2) is 34.8 Å². The molecule has 0 aliphatic heterocycles. The Balaban J connectivity index is 2.42. The Morgan fingerprint density at radius 1 is 1.33 bits per heavy atom. The first-order valence-corrected chi connectivity index (χ1v) is 6.59. The van der Waals surface area contributed by atoms with E-state index in [1.165, 1.54) is 0 Å². The molecule has 0 bridgehead atoms. The zero-order valence-corrected chi connectivity index (χ0v) is 11.3. The van der Waals surface area contributed by atoms with Gasteiger partial charge in [0, 0.05) is 24.9 Å². The molecule has 0 fully saturated rings. The molecule has 2 N–H and O–H groups in total. The number of nitrogens with zero attached hydrogens (tertiary/aromatic N) is 2. The van der Waals surface area contributed by atoms with Gasteiger partial charge in [-0.3, -0.25) is 0 Å². The first-order chi connectivity index (χ1) is 8.77. The number of rotatable bonds is 9. The van der Waals surface area contributed by atoms with Crippen molar-refractivity contribution >= 4 is 5.95 Å². The molecule has 0 aliphatic rings. The highest BCUT2D eigenvalue weighted by molar-refractivity contribution is 5.32. The van der Waals surface area contributed by atoms with Gasteiger partial charge in [0.05, 0.1) is 6.61 Å². The van der Waals surface area contributed by atoms with Gasteiger partial charge >= 0.3 is 0 Å². The number of anilines is 1. The maximum absolute atomic E-state index is 8.68. The van der Waals surface area contributed by atoms with Crippen LogP contribution >= 0.6 is 0 Å². The van der Waals surface area contributed by atoms with E-state index in [-0.39, 0.29) is 6.61 Å². The smallest absolute Gasteiger partial charge is 0.225 e. The van der Waals surface area contributed by atoms with Crippen molar-refractivity contribution in [3.05, 3.63) is 11.8 Å². The summed E-state index contributed by atoms with van der Waals surface area (Å²) in [5.74, 6) is 1.26. The molecule has 0 aromatic carbocycles. The lowest BCUT2D eigenvalue weighted by Crippen LogP contribution is -2.07. The average molecular weight is 253 g/mol.